The second kappa shape index (κ2) is 3.93. The van der Waals surface area contributed by atoms with E-state index in [9.17, 15) is 22.8 Å². The fraction of sp³-hybridized carbons (Fsp3) is 0.750. The number of carboxylic acid groups (broad SMARTS) is 1. The average Bonchev–Trinajstić information content (AvgIpc) is 2.61. The third kappa shape index (κ3) is 1.84. The van der Waals surface area contributed by atoms with Crippen LogP contribution in [0, 0.1) is 5.41 Å². The highest BCUT2D eigenvalue weighted by atomic mass is 19.4. The maximum Gasteiger partial charge on any atom is 0.406 e. The zero-order valence-electron chi connectivity index (χ0n) is 8.25. The SMILES string of the molecule is NCC(=O)N1CCC(C(=O)O)(C(F)(F)F)C1. The molecule has 1 rings (SSSR count). The molecule has 5 nitrogen and oxygen atoms in total. The number of aliphatic carboxylic acids is 1. The van der Waals surface area contributed by atoms with Gasteiger partial charge in [0, 0.05) is 13.1 Å². The van der Waals surface area contributed by atoms with Gasteiger partial charge in [-0.3, -0.25) is 9.59 Å². The van der Waals surface area contributed by atoms with Gasteiger partial charge in [-0.2, -0.15) is 13.2 Å². The summed E-state index contributed by atoms with van der Waals surface area (Å²) in [6.45, 7) is -1.52. The molecule has 1 atom stereocenters. The Morgan fingerprint density at radius 3 is 2.31 bits per heavy atom. The van der Waals surface area contributed by atoms with Crippen molar-refractivity contribution in [2.24, 2.45) is 11.1 Å². The Bertz CT molecular complexity index is 318. The quantitative estimate of drug-likeness (QED) is 0.700. The van der Waals surface area contributed by atoms with Crippen LogP contribution in [0.1, 0.15) is 6.42 Å². The Hall–Kier alpha value is -1.31. The van der Waals surface area contributed by atoms with Gasteiger partial charge in [0.15, 0.2) is 5.41 Å². The first kappa shape index (κ1) is 12.8. The lowest BCUT2D eigenvalue weighted by atomic mass is 9.86. The molecule has 0 bridgehead atoms. The third-order valence-corrected chi connectivity index (χ3v) is 2.75. The molecule has 1 fully saturated rings. The number of halogens is 3. The van der Waals surface area contributed by atoms with Crippen LogP contribution >= 0.6 is 0 Å². The summed E-state index contributed by atoms with van der Waals surface area (Å²) in [6.07, 6.45) is -5.50. The van der Waals surface area contributed by atoms with E-state index in [0.29, 0.717) is 0 Å². The van der Waals surface area contributed by atoms with Crippen molar-refractivity contribution in [3.05, 3.63) is 0 Å². The van der Waals surface area contributed by atoms with Crippen LogP contribution in [0.5, 0.6) is 0 Å². The van der Waals surface area contributed by atoms with Crippen molar-refractivity contribution in [3.63, 3.8) is 0 Å². The van der Waals surface area contributed by atoms with Crippen LogP contribution in [0.15, 0.2) is 0 Å². The molecule has 8 heteroatoms. The van der Waals surface area contributed by atoms with E-state index in [4.69, 9.17) is 10.8 Å². The summed E-state index contributed by atoms with van der Waals surface area (Å²) in [5.41, 5.74) is 2.16. The molecule has 0 aliphatic carbocycles. The number of rotatable bonds is 2. The van der Waals surface area contributed by atoms with Gasteiger partial charge in [0.2, 0.25) is 5.91 Å². The van der Waals surface area contributed by atoms with Crippen LogP contribution < -0.4 is 5.73 Å². The zero-order valence-corrected chi connectivity index (χ0v) is 8.25. The van der Waals surface area contributed by atoms with Crippen LogP contribution in [0.3, 0.4) is 0 Å². The Kier molecular flexibility index (Phi) is 3.13. The van der Waals surface area contributed by atoms with Gasteiger partial charge < -0.3 is 15.7 Å². The number of carbonyl (C=O) groups is 2. The second-order valence-corrected chi connectivity index (χ2v) is 3.65. The van der Waals surface area contributed by atoms with Crippen molar-refractivity contribution in [3.8, 4) is 0 Å². The Balaban J connectivity index is 2.94. The molecule has 0 aromatic carbocycles. The van der Waals surface area contributed by atoms with Gasteiger partial charge in [-0.1, -0.05) is 0 Å². The molecule has 0 spiro atoms. The number of carbonyl (C=O) groups excluding carboxylic acids is 1. The first-order valence-corrected chi connectivity index (χ1v) is 4.52. The summed E-state index contributed by atoms with van der Waals surface area (Å²) < 4.78 is 38.0. The average molecular weight is 240 g/mol. The van der Waals surface area contributed by atoms with Crippen LogP contribution in [0.4, 0.5) is 13.2 Å². The molecule has 92 valence electrons. The smallest absolute Gasteiger partial charge is 0.406 e. The third-order valence-electron chi connectivity index (χ3n) is 2.75. The lowest BCUT2D eigenvalue weighted by Gasteiger charge is -2.27. The monoisotopic (exact) mass is 240 g/mol. The summed E-state index contributed by atoms with van der Waals surface area (Å²) in [5, 5.41) is 8.68. The fourth-order valence-electron chi connectivity index (χ4n) is 1.68. The van der Waals surface area contributed by atoms with E-state index >= 15 is 0 Å². The van der Waals surface area contributed by atoms with E-state index in [1.807, 2.05) is 0 Å². The number of alkyl halides is 3. The minimum Gasteiger partial charge on any atom is -0.481 e. The number of carboxylic acids is 1. The molecular weight excluding hydrogens is 229 g/mol. The standard InChI is InChI=1S/C8H11F3N2O3/c9-8(10,11)7(6(15)16)1-2-13(4-7)5(14)3-12/h1-4,12H2,(H,15,16). The molecule has 0 radical (unpaired) electrons. The summed E-state index contributed by atoms with van der Waals surface area (Å²) >= 11 is 0. The lowest BCUT2D eigenvalue weighted by molar-refractivity contribution is -0.227. The summed E-state index contributed by atoms with van der Waals surface area (Å²) in [7, 11) is 0. The first-order chi connectivity index (χ1) is 7.24. The van der Waals surface area contributed by atoms with Crippen molar-refractivity contribution < 1.29 is 27.9 Å². The van der Waals surface area contributed by atoms with E-state index in [2.05, 4.69) is 0 Å². The maximum absolute atomic E-state index is 12.7. The summed E-state index contributed by atoms with van der Waals surface area (Å²) in [6, 6.07) is 0. The van der Waals surface area contributed by atoms with Crippen molar-refractivity contribution in [1.82, 2.24) is 4.90 Å². The largest absolute Gasteiger partial charge is 0.481 e. The van der Waals surface area contributed by atoms with Crippen LogP contribution in [0.2, 0.25) is 0 Å². The molecular formula is C8H11F3N2O3. The van der Waals surface area contributed by atoms with Gasteiger partial charge >= 0.3 is 12.1 Å². The topological polar surface area (TPSA) is 83.6 Å². The van der Waals surface area contributed by atoms with Crippen molar-refractivity contribution >= 4 is 11.9 Å². The normalized spacial score (nSPS) is 25.9. The van der Waals surface area contributed by atoms with Crippen LogP contribution in [-0.4, -0.2) is 47.7 Å². The number of nitrogens with two attached hydrogens (primary N) is 1. The second-order valence-electron chi connectivity index (χ2n) is 3.65. The van der Waals surface area contributed by atoms with Crippen LogP contribution in [0.25, 0.3) is 0 Å². The molecule has 1 aliphatic heterocycles. The van der Waals surface area contributed by atoms with Crippen molar-refractivity contribution in [1.29, 1.82) is 0 Å². The molecule has 0 saturated carbocycles. The highest BCUT2D eigenvalue weighted by Gasteiger charge is 2.64. The Morgan fingerprint density at radius 1 is 1.44 bits per heavy atom. The fourth-order valence-corrected chi connectivity index (χ4v) is 1.68. The lowest BCUT2D eigenvalue weighted by Crippen LogP contribution is -2.48. The Morgan fingerprint density at radius 2 is 2.00 bits per heavy atom. The van der Waals surface area contributed by atoms with Crippen LogP contribution in [-0.2, 0) is 9.59 Å². The maximum atomic E-state index is 12.7. The van der Waals surface area contributed by atoms with Gasteiger partial charge in [0.1, 0.15) is 0 Å². The molecule has 0 aromatic heterocycles. The molecule has 0 aromatic rings. The molecule has 16 heavy (non-hydrogen) atoms. The van der Waals surface area contributed by atoms with E-state index in [-0.39, 0.29) is 6.54 Å². The van der Waals surface area contributed by atoms with E-state index in [1.165, 1.54) is 0 Å². The summed E-state index contributed by atoms with van der Waals surface area (Å²) in [4.78, 5) is 22.7. The highest BCUT2D eigenvalue weighted by molar-refractivity contribution is 5.82. The van der Waals surface area contributed by atoms with Crippen molar-refractivity contribution in [2.45, 2.75) is 12.6 Å². The zero-order chi connectivity index (χ0) is 12.6. The molecule has 1 aliphatic rings. The minimum absolute atomic E-state index is 0.234. The van der Waals surface area contributed by atoms with Gasteiger partial charge in [0.05, 0.1) is 6.54 Å². The predicted octanol–water partition coefficient (Wildman–Crippen LogP) is -0.189. The molecule has 1 unspecified atom stereocenters. The molecule has 1 amide bonds. The highest BCUT2D eigenvalue weighted by Crippen LogP contribution is 2.45. The number of hydrogen-bond acceptors (Lipinski definition) is 3. The molecule has 1 heterocycles. The number of hydrogen-bond donors (Lipinski definition) is 2. The number of nitrogens with zero attached hydrogens (tertiary/aromatic N) is 1. The van der Waals surface area contributed by atoms with Gasteiger partial charge in [-0.25, -0.2) is 0 Å². The van der Waals surface area contributed by atoms with Gasteiger partial charge in [-0.15, -0.1) is 0 Å². The van der Waals surface area contributed by atoms with E-state index in [0.717, 1.165) is 4.90 Å². The van der Waals surface area contributed by atoms with Gasteiger partial charge in [0.25, 0.3) is 0 Å². The molecule has 3 N–H and O–H groups in total. The first-order valence-electron chi connectivity index (χ1n) is 4.52. The number of likely N-dealkylation sites (tertiary alicyclic amines) is 1. The molecule has 1 saturated heterocycles. The predicted molar refractivity (Wildman–Crippen MR) is 46.4 cm³/mol. The minimum atomic E-state index is -4.87. The van der Waals surface area contributed by atoms with E-state index in [1.54, 1.807) is 0 Å². The summed E-state index contributed by atoms with van der Waals surface area (Å²) in [5.74, 6) is -2.63. The van der Waals surface area contributed by atoms with Gasteiger partial charge in [-0.05, 0) is 6.42 Å². The van der Waals surface area contributed by atoms with E-state index < -0.39 is 43.0 Å². The van der Waals surface area contributed by atoms with Crippen molar-refractivity contribution in [2.75, 3.05) is 19.6 Å². The Labute approximate surface area is 89.0 Å². The number of amides is 1.